The van der Waals surface area contributed by atoms with Crippen LogP contribution in [0.4, 0.5) is 0 Å². The minimum atomic E-state index is -0.526. The molecule has 104 valence electrons. The predicted molar refractivity (Wildman–Crippen MR) is 71.2 cm³/mol. The molecule has 5 heteroatoms. The number of hydrogen-bond acceptors (Lipinski definition) is 4. The van der Waals surface area contributed by atoms with Gasteiger partial charge < -0.3 is 14.8 Å². The van der Waals surface area contributed by atoms with Gasteiger partial charge in [0.05, 0.1) is 12.7 Å². The molecule has 5 nitrogen and oxygen atoms in total. The van der Waals surface area contributed by atoms with Gasteiger partial charge in [0.25, 0.3) is 5.91 Å². The molecule has 0 saturated carbocycles. The van der Waals surface area contributed by atoms with Crippen molar-refractivity contribution >= 4 is 11.9 Å². The maximum atomic E-state index is 11.7. The largest absolute Gasteiger partial charge is 0.497 e. The van der Waals surface area contributed by atoms with Crippen molar-refractivity contribution in [3.63, 3.8) is 0 Å². The van der Waals surface area contributed by atoms with Crippen molar-refractivity contribution in [1.29, 1.82) is 0 Å². The molecule has 0 heterocycles. The average molecular weight is 265 g/mol. The molecule has 0 aliphatic heterocycles. The molecule has 1 aromatic carbocycles. The molecule has 0 aliphatic rings. The summed E-state index contributed by atoms with van der Waals surface area (Å²) in [4.78, 5) is 23.1. The molecule has 0 bridgehead atoms. The Morgan fingerprint density at radius 1 is 1.26 bits per heavy atom. The van der Waals surface area contributed by atoms with Crippen LogP contribution in [-0.2, 0) is 9.53 Å². The number of esters is 1. The minimum Gasteiger partial charge on any atom is -0.497 e. The predicted octanol–water partition coefficient (Wildman–Crippen LogP) is 1.77. The first-order valence-corrected chi connectivity index (χ1v) is 6.17. The number of hydrogen-bond donors (Lipinski definition) is 1. The highest BCUT2D eigenvalue weighted by Gasteiger charge is 2.11. The average Bonchev–Trinajstić information content (AvgIpc) is 2.44. The number of benzene rings is 1. The van der Waals surface area contributed by atoms with Crippen LogP contribution in [0.5, 0.6) is 5.75 Å². The quantitative estimate of drug-likeness (QED) is 0.796. The molecule has 0 aliphatic carbocycles. The van der Waals surface area contributed by atoms with Crippen molar-refractivity contribution in [2.75, 3.05) is 13.7 Å². The van der Waals surface area contributed by atoms with E-state index in [0.717, 1.165) is 6.42 Å². The van der Waals surface area contributed by atoms with Crippen LogP contribution >= 0.6 is 0 Å². The van der Waals surface area contributed by atoms with Crippen molar-refractivity contribution in [1.82, 2.24) is 5.32 Å². The van der Waals surface area contributed by atoms with Gasteiger partial charge in [-0.15, -0.1) is 0 Å². The van der Waals surface area contributed by atoms with E-state index in [-0.39, 0.29) is 18.6 Å². The van der Waals surface area contributed by atoms with Gasteiger partial charge in [0.2, 0.25) is 0 Å². The first-order valence-electron chi connectivity index (χ1n) is 6.17. The van der Waals surface area contributed by atoms with E-state index in [2.05, 4.69) is 5.32 Å². The molecule has 0 aromatic heterocycles. The molecule has 1 N–H and O–H groups in total. The van der Waals surface area contributed by atoms with Gasteiger partial charge in [0, 0.05) is 6.04 Å². The molecule has 1 amide bonds. The van der Waals surface area contributed by atoms with Crippen LogP contribution in [0.25, 0.3) is 0 Å². The molecule has 0 radical (unpaired) electrons. The molecule has 1 rings (SSSR count). The lowest BCUT2D eigenvalue weighted by Gasteiger charge is -2.11. The number of rotatable bonds is 6. The summed E-state index contributed by atoms with van der Waals surface area (Å²) < 4.78 is 9.90. The van der Waals surface area contributed by atoms with Gasteiger partial charge in [-0.25, -0.2) is 4.79 Å². The highest BCUT2D eigenvalue weighted by atomic mass is 16.5. The Morgan fingerprint density at radius 3 is 2.42 bits per heavy atom. The van der Waals surface area contributed by atoms with Gasteiger partial charge in [-0.05, 0) is 37.6 Å². The second kappa shape index (κ2) is 7.41. The third-order valence-corrected chi connectivity index (χ3v) is 2.68. The van der Waals surface area contributed by atoms with Gasteiger partial charge in [0.1, 0.15) is 5.75 Å². The van der Waals surface area contributed by atoms with Crippen LogP contribution in [0.15, 0.2) is 24.3 Å². The van der Waals surface area contributed by atoms with E-state index >= 15 is 0 Å². The number of carbonyl (C=O) groups is 2. The second-order valence-corrected chi connectivity index (χ2v) is 4.18. The Labute approximate surface area is 112 Å². The van der Waals surface area contributed by atoms with Crippen LogP contribution in [0.1, 0.15) is 30.6 Å². The SMILES string of the molecule is CC[C@H](C)NC(=O)COC(=O)c1ccc(OC)cc1. The van der Waals surface area contributed by atoms with Crippen LogP contribution in [0, 0.1) is 0 Å². The Hall–Kier alpha value is -2.04. The number of carbonyl (C=O) groups excluding carboxylic acids is 2. The number of amides is 1. The van der Waals surface area contributed by atoms with Gasteiger partial charge in [0.15, 0.2) is 6.61 Å². The maximum Gasteiger partial charge on any atom is 0.338 e. The highest BCUT2D eigenvalue weighted by molar-refractivity contribution is 5.91. The normalized spacial score (nSPS) is 11.5. The van der Waals surface area contributed by atoms with Crippen molar-refractivity contribution in [3.8, 4) is 5.75 Å². The van der Waals surface area contributed by atoms with Gasteiger partial charge in [-0.2, -0.15) is 0 Å². The third kappa shape index (κ3) is 4.99. The van der Waals surface area contributed by atoms with Crippen molar-refractivity contribution in [2.45, 2.75) is 26.3 Å². The standard InChI is InChI=1S/C14H19NO4/c1-4-10(2)15-13(16)9-19-14(17)11-5-7-12(18-3)8-6-11/h5-8,10H,4,9H2,1-3H3,(H,15,16)/t10-/m0/s1. The molecule has 0 unspecified atom stereocenters. The Kier molecular flexibility index (Phi) is 5.85. The van der Waals surface area contributed by atoms with Crippen molar-refractivity contribution in [2.24, 2.45) is 0 Å². The lowest BCUT2D eigenvalue weighted by Crippen LogP contribution is -2.35. The fourth-order valence-electron chi connectivity index (χ4n) is 1.36. The van der Waals surface area contributed by atoms with E-state index < -0.39 is 5.97 Å². The van der Waals surface area contributed by atoms with E-state index in [1.807, 2.05) is 13.8 Å². The van der Waals surface area contributed by atoms with E-state index in [0.29, 0.717) is 11.3 Å². The maximum absolute atomic E-state index is 11.7. The molecular weight excluding hydrogens is 246 g/mol. The van der Waals surface area contributed by atoms with Gasteiger partial charge >= 0.3 is 5.97 Å². The molecule has 0 spiro atoms. The molecular formula is C14H19NO4. The van der Waals surface area contributed by atoms with E-state index in [9.17, 15) is 9.59 Å². The highest BCUT2D eigenvalue weighted by Crippen LogP contribution is 2.11. The summed E-state index contributed by atoms with van der Waals surface area (Å²) in [6, 6.07) is 6.58. The first-order chi connectivity index (χ1) is 9.06. The van der Waals surface area contributed by atoms with Gasteiger partial charge in [-0.1, -0.05) is 6.92 Å². The first kappa shape index (κ1) is 15.0. The van der Waals surface area contributed by atoms with Crippen LogP contribution in [0.3, 0.4) is 0 Å². The smallest absolute Gasteiger partial charge is 0.338 e. The number of ether oxygens (including phenoxy) is 2. The Bertz CT molecular complexity index is 428. The molecule has 0 fully saturated rings. The van der Waals surface area contributed by atoms with E-state index in [1.165, 1.54) is 0 Å². The third-order valence-electron chi connectivity index (χ3n) is 2.68. The van der Waals surface area contributed by atoms with Crippen LogP contribution < -0.4 is 10.1 Å². The van der Waals surface area contributed by atoms with Crippen LogP contribution in [0.2, 0.25) is 0 Å². The van der Waals surface area contributed by atoms with Crippen molar-refractivity contribution in [3.05, 3.63) is 29.8 Å². The fourth-order valence-corrected chi connectivity index (χ4v) is 1.36. The summed E-state index contributed by atoms with van der Waals surface area (Å²) in [6.07, 6.45) is 0.832. The number of methoxy groups -OCH3 is 1. The lowest BCUT2D eigenvalue weighted by molar-refractivity contribution is -0.124. The van der Waals surface area contributed by atoms with E-state index in [1.54, 1.807) is 31.4 Å². The molecule has 0 saturated heterocycles. The zero-order valence-corrected chi connectivity index (χ0v) is 11.4. The lowest BCUT2D eigenvalue weighted by atomic mass is 10.2. The second-order valence-electron chi connectivity index (χ2n) is 4.18. The summed E-state index contributed by atoms with van der Waals surface area (Å²) in [5.74, 6) is -0.163. The number of nitrogens with one attached hydrogen (secondary N) is 1. The topological polar surface area (TPSA) is 64.6 Å². The summed E-state index contributed by atoms with van der Waals surface area (Å²) in [6.45, 7) is 3.59. The minimum absolute atomic E-state index is 0.0761. The zero-order chi connectivity index (χ0) is 14.3. The van der Waals surface area contributed by atoms with Crippen molar-refractivity contribution < 1.29 is 19.1 Å². The van der Waals surface area contributed by atoms with Gasteiger partial charge in [-0.3, -0.25) is 4.79 Å². The fraction of sp³-hybridized carbons (Fsp3) is 0.429. The summed E-state index contributed by atoms with van der Waals surface area (Å²) >= 11 is 0. The van der Waals surface area contributed by atoms with Crippen LogP contribution in [-0.4, -0.2) is 31.6 Å². The Morgan fingerprint density at radius 2 is 1.89 bits per heavy atom. The molecule has 1 aromatic rings. The summed E-state index contributed by atoms with van der Waals surface area (Å²) in [7, 11) is 1.55. The molecule has 1 atom stereocenters. The Balaban J connectivity index is 2.44. The van der Waals surface area contributed by atoms with E-state index in [4.69, 9.17) is 9.47 Å². The summed E-state index contributed by atoms with van der Waals surface area (Å²) in [5, 5.41) is 2.72. The molecule has 19 heavy (non-hydrogen) atoms. The summed E-state index contributed by atoms with van der Waals surface area (Å²) in [5.41, 5.74) is 0.386. The zero-order valence-electron chi connectivity index (χ0n) is 11.4. The monoisotopic (exact) mass is 265 g/mol.